The van der Waals surface area contributed by atoms with Gasteiger partial charge in [-0.25, -0.2) is 0 Å². The summed E-state index contributed by atoms with van der Waals surface area (Å²) in [5, 5.41) is 13.3. The van der Waals surface area contributed by atoms with Crippen LogP contribution in [0, 0.1) is 0 Å². The van der Waals surface area contributed by atoms with E-state index in [1.165, 1.54) is 11.3 Å². The van der Waals surface area contributed by atoms with Gasteiger partial charge in [0.05, 0.1) is 5.56 Å². The van der Waals surface area contributed by atoms with Gasteiger partial charge in [-0.3, -0.25) is 10.1 Å². The molecule has 0 saturated carbocycles. The Kier molecular flexibility index (Phi) is 3.59. The average molecular weight is 328 g/mol. The lowest BCUT2D eigenvalue weighted by Crippen LogP contribution is -2.11. The van der Waals surface area contributed by atoms with Crippen molar-refractivity contribution in [2.75, 3.05) is 11.9 Å². The predicted octanol–water partition coefficient (Wildman–Crippen LogP) is 3.13. The van der Waals surface area contributed by atoms with Gasteiger partial charge in [-0.2, -0.15) is 0 Å². The number of carbonyl (C=O) groups excluding carboxylic acids is 1. The zero-order valence-corrected chi connectivity index (χ0v) is 13.5. The van der Waals surface area contributed by atoms with Crippen molar-refractivity contribution in [1.82, 2.24) is 14.8 Å². The number of hydrogen-bond donors (Lipinski definition) is 1. The van der Waals surface area contributed by atoms with Crippen LogP contribution in [0.5, 0.6) is 0 Å². The highest BCUT2D eigenvalue weighted by atomic mass is 32.1. The van der Waals surface area contributed by atoms with E-state index in [0.29, 0.717) is 10.7 Å². The van der Waals surface area contributed by atoms with E-state index in [4.69, 9.17) is 4.74 Å². The second kappa shape index (κ2) is 5.75. The molecule has 2 aromatic heterocycles. The number of rotatable bonds is 3. The van der Waals surface area contributed by atoms with E-state index >= 15 is 0 Å². The van der Waals surface area contributed by atoms with Crippen LogP contribution in [0.3, 0.4) is 0 Å². The number of nitrogens with zero attached hydrogens (tertiary/aromatic N) is 3. The van der Waals surface area contributed by atoms with Crippen molar-refractivity contribution in [3.8, 4) is 0 Å². The third kappa shape index (κ3) is 2.62. The highest BCUT2D eigenvalue weighted by Crippen LogP contribution is 2.32. The predicted molar refractivity (Wildman–Crippen MR) is 88.7 cm³/mol. The van der Waals surface area contributed by atoms with E-state index in [1.54, 1.807) is 0 Å². The first-order chi connectivity index (χ1) is 11.2. The number of benzene rings is 1. The summed E-state index contributed by atoms with van der Waals surface area (Å²) in [6.45, 7) is 0.766. The summed E-state index contributed by atoms with van der Waals surface area (Å²) in [5.74, 6) is -0.170. The first-order valence-corrected chi connectivity index (χ1v) is 8.34. The Morgan fingerprint density at radius 3 is 3.09 bits per heavy atom. The van der Waals surface area contributed by atoms with Crippen molar-refractivity contribution in [2.45, 2.75) is 18.9 Å². The maximum atomic E-state index is 12.6. The standard InChI is InChI=1S/C16H16N4O2S/c1-20-9-11(10-5-2-3-6-12(10)20)14(21)17-16-19-18-15(23-16)13-7-4-8-22-13/h2-3,5-6,9,13H,4,7-8H2,1H3,(H,17,19,21)/t13-/m0/s1. The fraction of sp³-hybridized carbons (Fsp3) is 0.312. The average Bonchev–Trinajstić information content (AvgIpc) is 3.27. The molecule has 1 aliphatic rings. The lowest BCUT2D eigenvalue weighted by atomic mass is 10.1. The molecule has 23 heavy (non-hydrogen) atoms. The number of hydrogen-bond acceptors (Lipinski definition) is 5. The van der Waals surface area contributed by atoms with E-state index < -0.39 is 0 Å². The SMILES string of the molecule is Cn1cc(C(=O)Nc2nnc([C@@H]3CCCO3)s2)c2ccccc21. The molecule has 3 aromatic rings. The molecule has 6 nitrogen and oxygen atoms in total. The fourth-order valence-corrected chi connectivity index (χ4v) is 3.70. The molecule has 3 heterocycles. The van der Waals surface area contributed by atoms with Crippen molar-refractivity contribution in [3.05, 3.63) is 41.0 Å². The molecule has 0 bridgehead atoms. The fourth-order valence-electron chi connectivity index (χ4n) is 2.87. The minimum Gasteiger partial charge on any atom is -0.371 e. The molecule has 1 aliphatic heterocycles. The number of aryl methyl sites for hydroxylation is 1. The van der Waals surface area contributed by atoms with E-state index in [9.17, 15) is 4.79 Å². The van der Waals surface area contributed by atoms with Crippen molar-refractivity contribution in [3.63, 3.8) is 0 Å². The van der Waals surface area contributed by atoms with Crippen molar-refractivity contribution in [1.29, 1.82) is 0 Å². The van der Waals surface area contributed by atoms with Crippen LogP contribution in [-0.4, -0.2) is 27.3 Å². The highest BCUT2D eigenvalue weighted by molar-refractivity contribution is 7.15. The Morgan fingerprint density at radius 1 is 1.39 bits per heavy atom. The number of nitrogens with one attached hydrogen (secondary N) is 1. The van der Waals surface area contributed by atoms with Gasteiger partial charge >= 0.3 is 0 Å². The number of carbonyl (C=O) groups is 1. The zero-order valence-electron chi connectivity index (χ0n) is 12.7. The maximum absolute atomic E-state index is 12.6. The third-order valence-electron chi connectivity index (χ3n) is 4.01. The van der Waals surface area contributed by atoms with Gasteiger partial charge in [0.15, 0.2) is 0 Å². The second-order valence-electron chi connectivity index (χ2n) is 5.57. The van der Waals surface area contributed by atoms with Gasteiger partial charge in [0.25, 0.3) is 5.91 Å². The molecule has 1 saturated heterocycles. The molecular formula is C16H16N4O2S. The van der Waals surface area contributed by atoms with Gasteiger partial charge in [0, 0.05) is 30.8 Å². The number of fused-ring (bicyclic) bond motifs is 1. The summed E-state index contributed by atoms with van der Waals surface area (Å²) in [7, 11) is 1.93. The Bertz CT molecular complexity index is 864. The maximum Gasteiger partial charge on any atom is 0.259 e. The quantitative estimate of drug-likeness (QED) is 0.802. The number of para-hydroxylation sites is 1. The molecule has 0 radical (unpaired) electrons. The van der Waals surface area contributed by atoms with Crippen LogP contribution >= 0.6 is 11.3 Å². The van der Waals surface area contributed by atoms with Gasteiger partial charge in [0.2, 0.25) is 5.13 Å². The highest BCUT2D eigenvalue weighted by Gasteiger charge is 2.23. The molecule has 118 valence electrons. The molecule has 0 spiro atoms. The van der Waals surface area contributed by atoms with E-state index in [1.807, 2.05) is 42.1 Å². The molecule has 0 unspecified atom stereocenters. The normalized spacial score (nSPS) is 17.7. The van der Waals surface area contributed by atoms with Crippen LogP contribution in [0.15, 0.2) is 30.5 Å². The molecule has 1 amide bonds. The van der Waals surface area contributed by atoms with E-state index in [-0.39, 0.29) is 12.0 Å². The summed E-state index contributed by atoms with van der Waals surface area (Å²) >= 11 is 1.38. The second-order valence-corrected chi connectivity index (χ2v) is 6.58. The van der Waals surface area contributed by atoms with Gasteiger partial charge in [-0.05, 0) is 18.9 Å². The Morgan fingerprint density at radius 2 is 2.26 bits per heavy atom. The Balaban J connectivity index is 1.57. The molecule has 0 aliphatic carbocycles. The topological polar surface area (TPSA) is 69.0 Å². The smallest absolute Gasteiger partial charge is 0.259 e. The minimum absolute atomic E-state index is 0.0238. The van der Waals surface area contributed by atoms with Gasteiger partial charge in [0.1, 0.15) is 11.1 Å². The van der Waals surface area contributed by atoms with E-state index in [0.717, 1.165) is 35.4 Å². The zero-order chi connectivity index (χ0) is 15.8. The van der Waals surface area contributed by atoms with Crippen LogP contribution in [-0.2, 0) is 11.8 Å². The lowest BCUT2D eigenvalue weighted by Gasteiger charge is -2.02. The van der Waals surface area contributed by atoms with Crippen LogP contribution in [0.4, 0.5) is 5.13 Å². The molecule has 1 aromatic carbocycles. The molecule has 1 atom stereocenters. The van der Waals surface area contributed by atoms with Crippen molar-refractivity contribution < 1.29 is 9.53 Å². The van der Waals surface area contributed by atoms with Gasteiger partial charge < -0.3 is 9.30 Å². The lowest BCUT2D eigenvalue weighted by molar-refractivity contribution is 0.102. The third-order valence-corrected chi connectivity index (χ3v) is 4.94. The van der Waals surface area contributed by atoms with Crippen LogP contribution in [0.1, 0.15) is 34.3 Å². The van der Waals surface area contributed by atoms with Crippen molar-refractivity contribution in [2.24, 2.45) is 7.05 Å². The van der Waals surface area contributed by atoms with E-state index in [2.05, 4.69) is 15.5 Å². The van der Waals surface area contributed by atoms with Crippen LogP contribution < -0.4 is 5.32 Å². The number of anilines is 1. The first-order valence-electron chi connectivity index (χ1n) is 7.53. The molecular weight excluding hydrogens is 312 g/mol. The first kappa shape index (κ1) is 14.3. The van der Waals surface area contributed by atoms with Crippen LogP contribution in [0.25, 0.3) is 10.9 Å². The van der Waals surface area contributed by atoms with Crippen LogP contribution in [0.2, 0.25) is 0 Å². The van der Waals surface area contributed by atoms with Gasteiger partial charge in [-0.1, -0.05) is 29.5 Å². The number of ether oxygens (including phenoxy) is 1. The summed E-state index contributed by atoms with van der Waals surface area (Å²) in [6.07, 6.45) is 3.87. The Hall–Kier alpha value is -2.25. The molecule has 1 fully saturated rings. The van der Waals surface area contributed by atoms with Gasteiger partial charge in [-0.15, -0.1) is 10.2 Å². The minimum atomic E-state index is -0.170. The summed E-state index contributed by atoms with van der Waals surface area (Å²) in [6, 6.07) is 7.83. The Labute approximate surface area is 137 Å². The molecule has 7 heteroatoms. The number of amides is 1. The summed E-state index contributed by atoms with van der Waals surface area (Å²) in [5.41, 5.74) is 1.66. The largest absolute Gasteiger partial charge is 0.371 e. The van der Waals surface area contributed by atoms with Crippen molar-refractivity contribution >= 4 is 33.3 Å². The number of aromatic nitrogens is 3. The summed E-state index contributed by atoms with van der Waals surface area (Å²) in [4.78, 5) is 12.6. The monoisotopic (exact) mass is 328 g/mol. The molecule has 4 rings (SSSR count). The molecule has 1 N–H and O–H groups in total. The summed E-state index contributed by atoms with van der Waals surface area (Å²) < 4.78 is 7.54.